The normalized spacial score (nSPS) is 15.5. The van der Waals surface area contributed by atoms with Crippen molar-refractivity contribution in [1.82, 2.24) is 10.4 Å². The fourth-order valence-corrected chi connectivity index (χ4v) is 3.47. The second kappa shape index (κ2) is 9.80. The number of nitrogens with zero attached hydrogens (tertiary/aromatic N) is 1. The monoisotopic (exact) mass is 463 g/mol. The molecule has 31 heavy (non-hydrogen) atoms. The summed E-state index contributed by atoms with van der Waals surface area (Å²) in [5, 5.41) is 4.26. The van der Waals surface area contributed by atoms with Crippen LogP contribution in [-0.2, 0) is 19.1 Å². The topological polar surface area (TPSA) is 105 Å². The molecule has 1 aliphatic rings. The van der Waals surface area contributed by atoms with Crippen molar-refractivity contribution in [2.45, 2.75) is 13.3 Å². The Kier molecular flexibility index (Phi) is 7.14. The molecule has 2 aromatic rings. The summed E-state index contributed by atoms with van der Waals surface area (Å²) in [6, 6.07) is 11.5. The van der Waals surface area contributed by atoms with Crippen LogP contribution in [0.2, 0.25) is 10.0 Å². The van der Waals surface area contributed by atoms with E-state index in [1.165, 1.54) is 12.1 Å². The summed E-state index contributed by atoms with van der Waals surface area (Å²) >= 11 is 11.8. The van der Waals surface area contributed by atoms with Crippen LogP contribution in [0.25, 0.3) is 0 Å². The van der Waals surface area contributed by atoms with Gasteiger partial charge in [0, 0.05) is 17.0 Å². The average Bonchev–Trinajstić information content (AvgIpc) is 3.09. The van der Waals surface area contributed by atoms with Gasteiger partial charge in [0.2, 0.25) is 5.91 Å². The second-order valence-corrected chi connectivity index (χ2v) is 7.78. The number of amides is 3. The molecule has 1 aliphatic heterocycles. The molecule has 0 spiro atoms. The van der Waals surface area contributed by atoms with E-state index in [4.69, 9.17) is 27.9 Å². The number of hydrogen-bond acceptors (Lipinski definition) is 5. The Labute approximate surface area is 188 Å². The summed E-state index contributed by atoms with van der Waals surface area (Å²) < 4.78 is 5.02. The van der Waals surface area contributed by atoms with Crippen molar-refractivity contribution in [1.29, 1.82) is 0 Å². The maximum absolute atomic E-state index is 12.4. The lowest BCUT2D eigenvalue weighted by molar-refractivity contribution is -0.151. The van der Waals surface area contributed by atoms with Gasteiger partial charge in [-0.1, -0.05) is 41.4 Å². The number of anilines is 1. The van der Waals surface area contributed by atoms with Crippen LogP contribution in [0, 0.1) is 12.8 Å². The average molecular weight is 464 g/mol. The number of esters is 1. The van der Waals surface area contributed by atoms with Gasteiger partial charge in [-0.15, -0.1) is 0 Å². The number of hydrogen-bond donors (Lipinski definition) is 2. The highest BCUT2D eigenvalue weighted by molar-refractivity contribution is 6.36. The summed E-state index contributed by atoms with van der Waals surface area (Å²) in [6.07, 6.45) is -0.127. The number of aryl methyl sites for hydroxylation is 1. The van der Waals surface area contributed by atoms with E-state index in [9.17, 15) is 19.2 Å². The zero-order chi connectivity index (χ0) is 22.5. The molecule has 1 atom stereocenters. The molecule has 0 saturated carbocycles. The number of carbonyl (C=O) groups is 4. The molecule has 8 nitrogen and oxygen atoms in total. The third-order valence-electron chi connectivity index (χ3n) is 4.64. The summed E-state index contributed by atoms with van der Waals surface area (Å²) in [5.41, 5.74) is 4.03. The highest BCUT2D eigenvalue weighted by atomic mass is 35.5. The molecule has 10 heteroatoms. The SMILES string of the molecule is Cc1ccccc1C(=O)NN1C[C@H](C(=O)OCC(=O)Nc2ccc(Cl)cc2Cl)CC1=O. The Morgan fingerprint density at radius 2 is 1.90 bits per heavy atom. The largest absolute Gasteiger partial charge is 0.455 e. The van der Waals surface area contributed by atoms with Crippen molar-refractivity contribution < 1.29 is 23.9 Å². The third kappa shape index (κ3) is 5.74. The van der Waals surface area contributed by atoms with Gasteiger partial charge in [-0.3, -0.25) is 29.6 Å². The van der Waals surface area contributed by atoms with Crippen LogP contribution in [0.5, 0.6) is 0 Å². The van der Waals surface area contributed by atoms with E-state index >= 15 is 0 Å². The van der Waals surface area contributed by atoms with Crippen molar-refractivity contribution in [3.8, 4) is 0 Å². The van der Waals surface area contributed by atoms with Crippen LogP contribution >= 0.6 is 23.2 Å². The number of benzene rings is 2. The fraction of sp³-hybridized carbons (Fsp3) is 0.238. The van der Waals surface area contributed by atoms with Gasteiger partial charge in [-0.25, -0.2) is 0 Å². The first-order chi connectivity index (χ1) is 14.7. The molecule has 0 radical (unpaired) electrons. The van der Waals surface area contributed by atoms with Gasteiger partial charge in [0.25, 0.3) is 11.8 Å². The van der Waals surface area contributed by atoms with Crippen LogP contribution in [0.3, 0.4) is 0 Å². The van der Waals surface area contributed by atoms with Crippen molar-refractivity contribution in [3.05, 3.63) is 63.6 Å². The minimum absolute atomic E-state index is 0.0417. The number of halogens is 2. The number of ether oxygens (including phenoxy) is 1. The predicted octanol–water partition coefficient (Wildman–Crippen LogP) is 2.98. The number of carbonyl (C=O) groups excluding carboxylic acids is 4. The molecule has 3 rings (SSSR count). The molecule has 1 fully saturated rings. The molecule has 2 N–H and O–H groups in total. The van der Waals surface area contributed by atoms with Gasteiger partial charge in [-0.05, 0) is 36.8 Å². The van der Waals surface area contributed by atoms with Crippen LogP contribution < -0.4 is 10.7 Å². The van der Waals surface area contributed by atoms with Gasteiger partial charge >= 0.3 is 5.97 Å². The molecule has 0 aliphatic carbocycles. The van der Waals surface area contributed by atoms with Gasteiger partial charge in [0.1, 0.15) is 0 Å². The number of hydrazine groups is 1. The summed E-state index contributed by atoms with van der Waals surface area (Å²) in [6.45, 7) is 1.20. The van der Waals surface area contributed by atoms with Gasteiger partial charge < -0.3 is 10.1 Å². The Morgan fingerprint density at radius 1 is 1.16 bits per heavy atom. The predicted molar refractivity (Wildman–Crippen MR) is 115 cm³/mol. The molecular weight excluding hydrogens is 445 g/mol. The first-order valence-electron chi connectivity index (χ1n) is 9.33. The van der Waals surface area contributed by atoms with E-state index in [0.29, 0.717) is 16.3 Å². The molecule has 1 saturated heterocycles. The molecule has 0 unspecified atom stereocenters. The Balaban J connectivity index is 1.50. The highest BCUT2D eigenvalue weighted by Gasteiger charge is 2.36. The van der Waals surface area contributed by atoms with Gasteiger partial charge in [0.05, 0.1) is 23.2 Å². The molecule has 3 amide bonds. The molecule has 0 bridgehead atoms. The molecular formula is C21H19Cl2N3O5. The van der Waals surface area contributed by atoms with Crippen molar-refractivity contribution in [2.75, 3.05) is 18.5 Å². The van der Waals surface area contributed by atoms with E-state index in [0.717, 1.165) is 10.6 Å². The smallest absolute Gasteiger partial charge is 0.311 e. The maximum atomic E-state index is 12.4. The maximum Gasteiger partial charge on any atom is 0.311 e. The lowest BCUT2D eigenvalue weighted by atomic mass is 10.1. The van der Waals surface area contributed by atoms with Crippen LogP contribution in [0.15, 0.2) is 42.5 Å². The zero-order valence-corrected chi connectivity index (χ0v) is 18.0. The molecule has 1 heterocycles. The van der Waals surface area contributed by atoms with E-state index in [2.05, 4.69) is 10.7 Å². The fourth-order valence-electron chi connectivity index (χ4n) is 3.02. The van der Waals surface area contributed by atoms with Crippen molar-refractivity contribution in [2.24, 2.45) is 5.92 Å². The number of nitrogens with one attached hydrogen (secondary N) is 2. The zero-order valence-electron chi connectivity index (χ0n) is 16.5. The van der Waals surface area contributed by atoms with Crippen molar-refractivity contribution >= 4 is 52.6 Å². The summed E-state index contributed by atoms with van der Waals surface area (Å²) in [7, 11) is 0. The molecule has 2 aromatic carbocycles. The third-order valence-corrected chi connectivity index (χ3v) is 5.18. The Hall–Kier alpha value is -3.10. The van der Waals surface area contributed by atoms with Gasteiger partial charge in [-0.2, -0.15) is 0 Å². The Bertz CT molecular complexity index is 1040. The number of rotatable bonds is 6. The van der Waals surface area contributed by atoms with E-state index in [1.54, 1.807) is 37.3 Å². The van der Waals surface area contributed by atoms with Gasteiger partial charge in [0.15, 0.2) is 6.61 Å². The first-order valence-corrected chi connectivity index (χ1v) is 10.1. The van der Waals surface area contributed by atoms with Crippen LogP contribution in [0.4, 0.5) is 5.69 Å². The summed E-state index contributed by atoms with van der Waals surface area (Å²) in [4.78, 5) is 48.9. The quantitative estimate of drug-likeness (QED) is 0.640. The minimum atomic E-state index is -0.795. The highest BCUT2D eigenvalue weighted by Crippen LogP contribution is 2.25. The van der Waals surface area contributed by atoms with Crippen LogP contribution in [0.1, 0.15) is 22.3 Å². The second-order valence-electron chi connectivity index (χ2n) is 6.94. The molecule has 162 valence electrons. The standard InChI is InChI=1S/C21H19Cl2N3O5/c1-12-4-2-3-5-15(12)20(29)25-26-10-13(8-19(26)28)21(30)31-11-18(27)24-17-7-6-14(22)9-16(17)23/h2-7,9,13H,8,10-11H2,1H3,(H,24,27)(H,25,29)/t13-/m1/s1. The lowest BCUT2D eigenvalue weighted by Gasteiger charge is -2.18. The van der Waals surface area contributed by atoms with Crippen LogP contribution in [-0.4, -0.2) is 41.9 Å². The lowest BCUT2D eigenvalue weighted by Crippen LogP contribution is -2.43. The van der Waals surface area contributed by atoms with E-state index in [-0.39, 0.29) is 18.0 Å². The molecule has 0 aromatic heterocycles. The van der Waals surface area contributed by atoms with E-state index < -0.39 is 36.2 Å². The summed E-state index contributed by atoms with van der Waals surface area (Å²) in [5.74, 6) is -2.96. The van der Waals surface area contributed by atoms with Crippen molar-refractivity contribution in [3.63, 3.8) is 0 Å². The first kappa shape index (κ1) is 22.6. The minimum Gasteiger partial charge on any atom is -0.455 e. The Morgan fingerprint density at radius 3 is 2.61 bits per heavy atom. The van der Waals surface area contributed by atoms with E-state index in [1.807, 2.05) is 0 Å².